The first-order valence-corrected chi connectivity index (χ1v) is 11.4. The van der Waals surface area contributed by atoms with Crippen LogP contribution in [0.25, 0.3) is 0 Å². The summed E-state index contributed by atoms with van der Waals surface area (Å²) < 4.78 is 60.1. The van der Waals surface area contributed by atoms with E-state index < -0.39 is 17.6 Å². The number of carbonyl (C=O) groups is 2. The lowest BCUT2D eigenvalue weighted by Crippen LogP contribution is -2.43. The fourth-order valence-electron chi connectivity index (χ4n) is 3.78. The molecule has 0 saturated heterocycles. The summed E-state index contributed by atoms with van der Waals surface area (Å²) in [7, 11) is 1.45. The largest absolute Gasteiger partial charge is 0.467 e. The molecule has 1 aromatic heterocycles. The first kappa shape index (κ1) is 26.1. The van der Waals surface area contributed by atoms with Crippen molar-refractivity contribution in [3.8, 4) is 11.5 Å². The van der Waals surface area contributed by atoms with E-state index in [0.29, 0.717) is 17.3 Å². The standard InChI is InChI=1S/C26H25F3N2O6/c1-34-12-10-30(25(33)19-5-7-20(8-6-19)26(27,28)29)16-24(32)31(15-21-3-2-11-35-21)14-18-4-9-22-23(13-18)37-17-36-22/h2-9,11,13H,10,12,14-17H2,1H3. The Morgan fingerprint density at radius 1 is 0.973 bits per heavy atom. The van der Waals surface area contributed by atoms with Crippen molar-refractivity contribution in [3.63, 3.8) is 0 Å². The molecule has 2 aromatic carbocycles. The van der Waals surface area contributed by atoms with E-state index in [9.17, 15) is 22.8 Å². The highest BCUT2D eigenvalue weighted by molar-refractivity contribution is 5.96. The van der Waals surface area contributed by atoms with Gasteiger partial charge < -0.3 is 28.4 Å². The molecule has 3 aromatic rings. The minimum atomic E-state index is -4.52. The van der Waals surface area contributed by atoms with Crippen LogP contribution in [0, 0.1) is 0 Å². The highest BCUT2D eigenvalue weighted by atomic mass is 19.4. The molecule has 0 fully saturated rings. The molecular formula is C26H25F3N2O6. The van der Waals surface area contributed by atoms with Crippen LogP contribution in [0.5, 0.6) is 11.5 Å². The van der Waals surface area contributed by atoms with E-state index in [1.54, 1.807) is 24.3 Å². The highest BCUT2D eigenvalue weighted by Gasteiger charge is 2.31. The summed E-state index contributed by atoms with van der Waals surface area (Å²) in [6, 6.07) is 12.7. The molecule has 37 heavy (non-hydrogen) atoms. The number of rotatable bonds is 10. The molecule has 2 heterocycles. The van der Waals surface area contributed by atoms with Crippen molar-refractivity contribution in [1.82, 2.24) is 9.80 Å². The second-order valence-electron chi connectivity index (χ2n) is 8.31. The lowest BCUT2D eigenvalue weighted by Gasteiger charge is -2.27. The van der Waals surface area contributed by atoms with Crippen molar-refractivity contribution in [1.29, 1.82) is 0 Å². The normalized spacial score (nSPS) is 12.4. The van der Waals surface area contributed by atoms with Gasteiger partial charge in [0.25, 0.3) is 5.91 Å². The van der Waals surface area contributed by atoms with Gasteiger partial charge in [-0.1, -0.05) is 6.07 Å². The predicted molar refractivity (Wildman–Crippen MR) is 125 cm³/mol. The number of furan rings is 1. The van der Waals surface area contributed by atoms with E-state index in [-0.39, 0.29) is 51.0 Å². The van der Waals surface area contributed by atoms with Crippen LogP contribution in [0.15, 0.2) is 65.3 Å². The average Bonchev–Trinajstić information content (AvgIpc) is 3.57. The number of nitrogens with zero attached hydrogens (tertiary/aromatic N) is 2. The van der Waals surface area contributed by atoms with Crippen LogP contribution >= 0.6 is 0 Å². The van der Waals surface area contributed by atoms with Gasteiger partial charge in [-0.2, -0.15) is 13.2 Å². The Morgan fingerprint density at radius 2 is 1.73 bits per heavy atom. The van der Waals surface area contributed by atoms with Crippen molar-refractivity contribution >= 4 is 11.8 Å². The Morgan fingerprint density at radius 3 is 2.41 bits per heavy atom. The molecule has 0 aliphatic carbocycles. The van der Waals surface area contributed by atoms with Gasteiger partial charge in [-0.25, -0.2) is 0 Å². The van der Waals surface area contributed by atoms with Gasteiger partial charge in [0.05, 0.1) is 25.0 Å². The number of alkyl halides is 3. The van der Waals surface area contributed by atoms with Crippen LogP contribution < -0.4 is 9.47 Å². The minimum Gasteiger partial charge on any atom is -0.467 e. The molecule has 11 heteroatoms. The molecule has 0 N–H and O–H groups in total. The molecule has 8 nitrogen and oxygen atoms in total. The van der Waals surface area contributed by atoms with Gasteiger partial charge in [0.2, 0.25) is 12.7 Å². The molecule has 0 saturated carbocycles. The minimum absolute atomic E-state index is 0.0326. The van der Waals surface area contributed by atoms with Crippen LogP contribution in [-0.2, 0) is 28.8 Å². The van der Waals surface area contributed by atoms with Crippen LogP contribution in [0.2, 0.25) is 0 Å². The SMILES string of the molecule is COCCN(CC(=O)N(Cc1ccc2c(c1)OCO2)Cc1ccco1)C(=O)c1ccc(C(F)(F)F)cc1. The Kier molecular flexibility index (Phi) is 8.02. The van der Waals surface area contributed by atoms with Crippen molar-refractivity contribution < 1.29 is 41.4 Å². The third kappa shape index (κ3) is 6.62. The summed E-state index contributed by atoms with van der Waals surface area (Å²) in [5.74, 6) is 0.764. The summed E-state index contributed by atoms with van der Waals surface area (Å²) in [5.41, 5.74) is -0.0520. The molecule has 0 spiro atoms. The Balaban J connectivity index is 1.53. The van der Waals surface area contributed by atoms with E-state index in [0.717, 1.165) is 29.8 Å². The first-order chi connectivity index (χ1) is 17.7. The third-order valence-electron chi connectivity index (χ3n) is 5.73. The number of hydrogen-bond donors (Lipinski definition) is 0. The number of amides is 2. The molecule has 0 bridgehead atoms. The summed E-state index contributed by atoms with van der Waals surface area (Å²) in [6.45, 7) is 0.360. The zero-order valence-electron chi connectivity index (χ0n) is 20.0. The average molecular weight is 518 g/mol. The maximum atomic E-state index is 13.4. The number of fused-ring (bicyclic) bond motifs is 1. The fraction of sp³-hybridized carbons (Fsp3) is 0.308. The van der Waals surface area contributed by atoms with Gasteiger partial charge >= 0.3 is 6.18 Å². The van der Waals surface area contributed by atoms with Gasteiger partial charge in [-0.05, 0) is 54.1 Å². The molecule has 0 radical (unpaired) electrons. The maximum Gasteiger partial charge on any atom is 0.416 e. The monoisotopic (exact) mass is 518 g/mol. The van der Waals surface area contributed by atoms with E-state index in [1.807, 2.05) is 6.07 Å². The predicted octanol–water partition coefficient (Wildman–Crippen LogP) is 4.34. The van der Waals surface area contributed by atoms with Crippen molar-refractivity contribution in [2.45, 2.75) is 19.3 Å². The van der Waals surface area contributed by atoms with Gasteiger partial charge in [0.15, 0.2) is 11.5 Å². The molecule has 196 valence electrons. The summed E-state index contributed by atoms with van der Waals surface area (Å²) in [4.78, 5) is 29.4. The number of carbonyl (C=O) groups excluding carboxylic acids is 2. The first-order valence-electron chi connectivity index (χ1n) is 11.4. The summed E-state index contributed by atoms with van der Waals surface area (Å²) >= 11 is 0. The highest BCUT2D eigenvalue weighted by Crippen LogP contribution is 2.33. The van der Waals surface area contributed by atoms with E-state index in [1.165, 1.54) is 23.2 Å². The molecule has 2 amide bonds. The van der Waals surface area contributed by atoms with Gasteiger partial charge in [-0.15, -0.1) is 0 Å². The maximum absolute atomic E-state index is 13.4. The van der Waals surface area contributed by atoms with Crippen LogP contribution in [0.3, 0.4) is 0 Å². The zero-order valence-corrected chi connectivity index (χ0v) is 20.0. The topological polar surface area (TPSA) is 81.5 Å². The van der Waals surface area contributed by atoms with Gasteiger partial charge in [0, 0.05) is 25.8 Å². The van der Waals surface area contributed by atoms with E-state index in [4.69, 9.17) is 18.6 Å². The second kappa shape index (κ2) is 11.4. The van der Waals surface area contributed by atoms with Crippen molar-refractivity contribution in [3.05, 3.63) is 83.3 Å². The summed E-state index contributed by atoms with van der Waals surface area (Å²) in [5, 5.41) is 0. The van der Waals surface area contributed by atoms with Crippen LogP contribution in [0.4, 0.5) is 13.2 Å². The summed E-state index contributed by atoms with van der Waals surface area (Å²) in [6.07, 6.45) is -3.02. The fourth-order valence-corrected chi connectivity index (χ4v) is 3.78. The van der Waals surface area contributed by atoms with E-state index >= 15 is 0 Å². The lowest BCUT2D eigenvalue weighted by atomic mass is 10.1. The second-order valence-corrected chi connectivity index (χ2v) is 8.31. The van der Waals surface area contributed by atoms with Gasteiger partial charge in [0.1, 0.15) is 12.3 Å². The molecule has 1 aliphatic rings. The third-order valence-corrected chi connectivity index (χ3v) is 5.73. The number of benzene rings is 2. The van der Waals surface area contributed by atoms with Gasteiger partial charge in [-0.3, -0.25) is 9.59 Å². The van der Waals surface area contributed by atoms with Crippen LogP contribution in [-0.4, -0.2) is 55.2 Å². The number of halogens is 3. The quantitative estimate of drug-likeness (QED) is 0.397. The lowest BCUT2D eigenvalue weighted by molar-refractivity contribution is -0.137. The molecule has 1 aliphatic heterocycles. The van der Waals surface area contributed by atoms with Crippen molar-refractivity contribution in [2.75, 3.05) is 33.6 Å². The number of hydrogen-bond acceptors (Lipinski definition) is 6. The molecule has 0 unspecified atom stereocenters. The molecule has 4 rings (SSSR count). The number of ether oxygens (including phenoxy) is 3. The molecular weight excluding hydrogens is 493 g/mol. The Hall–Kier alpha value is -3.99. The Labute approximate surface area is 211 Å². The molecule has 0 atom stereocenters. The van der Waals surface area contributed by atoms with Crippen molar-refractivity contribution in [2.24, 2.45) is 0 Å². The van der Waals surface area contributed by atoms with Crippen LogP contribution in [0.1, 0.15) is 27.2 Å². The number of methoxy groups -OCH3 is 1. The smallest absolute Gasteiger partial charge is 0.416 e. The Bertz CT molecular complexity index is 1210. The zero-order chi connectivity index (χ0) is 26.4. The van der Waals surface area contributed by atoms with E-state index in [2.05, 4.69) is 0 Å².